The first kappa shape index (κ1) is 13.7. The quantitative estimate of drug-likeness (QED) is 0.800. The van der Waals surface area contributed by atoms with E-state index in [1.54, 1.807) is 0 Å². The Labute approximate surface area is 119 Å². The standard InChI is InChI=1S/C15H23NO4/c1-15(2,3)20-14(19)16-6-11-9-4-8(13(17)18)5-10(9)12(11)7-16/h8-12H,4-7H2,1-3H3,(H,17,18). The van der Waals surface area contributed by atoms with Crippen molar-refractivity contribution in [3.63, 3.8) is 0 Å². The number of aliphatic carboxylic acids is 1. The van der Waals surface area contributed by atoms with Gasteiger partial charge in [0.25, 0.3) is 0 Å². The molecule has 2 saturated carbocycles. The van der Waals surface area contributed by atoms with E-state index in [0.717, 1.165) is 25.9 Å². The van der Waals surface area contributed by atoms with Crippen LogP contribution in [0.1, 0.15) is 33.6 Å². The van der Waals surface area contributed by atoms with Crippen LogP contribution in [0, 0.1) is 29.6 Å². The summed E-state index contributed by atoms with van der Waals surface area (Å²) >= 11 is 0. The number of hydrogen-bond acceptors (Lipinski definition) is 3. The Morgan fingerprint density at radius 1 is 1.05 bits per heavy atom. The van der Waals surface area contributed by atoms with Gasteiger partial charge in [-0.1, -0.05) is 0 Å². The molecule has 0 aromatic carbocycles. The van der Waals surface area contributed by atoms with E-state index in [9.17, 15) is 9.59 Å². The number of rotatable bonds is 1. The number of carbonyl (C=O) groups excluding carboxylic acids is 1. The SMILES string of the molecule is CC(C)(C)OC(=O)N1CC2C3CC(C(=O)O)CC3C2C1. The van der Waals surface area contributed by atoms with E-state index >= 15 is 0 Å². The monoisotopic (exact) mass is 281 g/mol. The van der Waals surface area contributed by atoms with Crippen LogP contribution in [0.25, 0.3) is 0 Å². The van der Waals surface area contributed by atoms with Gasteiger partial charge in [0.1, 0.15) is 5.60 Å². The fourth-order valence-electron chi connectivity index (χ4n) is 4.38. The third-order valence-electron chi connectivity index (χ3n) is 5.18. The highest BCUT2D eigenvalue weighted by Crippen LogP contribution is 2.59. The zero-order chi connectivity index (χ0) is 14.7. The molecule has 3 rings (SSSR count). The average molecular weight is 281 g/mol. The van der Waals surface area contributed by atoms with Gasteiger partial charge in [-0.25, -0.2) is 4.79 Å². The minimum Gasteiger partial charge on any atom is -0.481 e. The van der Waals surface area contributed by atoms with Crippen molar-refractivity contribution in [1.82, 2.24) is 4.90 Å². The molecule has 0 aromatic rings. The van der Waals surface area contributed by atoms with Gasteiger partial charge in [-0.15, -0.1) is 0 Å². The lowest BCUT2D eigenvalue weighted by molar-refractivity contribution is -0.141. The maximum atomic E-state index is 12.1. The minimum absolute atomic E-state index is 0.162. The predicted octanol–water partition coefficient (Wildman–Crippen LogP) is 2.21. The summed E-state index contributed by atoms with van der Waals surface area (Å²) in [7, 11) is 0. The van der Waals surface area contributed by atoms with Crippen LogP contribution in [0.2, 0.25) is 0 Å². The molecule has 1 amide bonds. The Hall–Kier alpha value is -1.26. The third kappa shape index (κ3) is 2.17. The summed E-state index contributed by atoms with van der Waals surface area (Å²) < 4.78 is 5.42. The maximum absolute atomic E-state index is 12.1. The van der Waals surface area contributed by atoms with Gasteiger partial charge in [0.05, 0.1) is 5.92 Å². The van der Waals surface area contributed by atoms with Crippen molar-refractivity contribution in [2.24, 2.45) is 29.6 Å². The van der Waals surface area contributed by atoms with Crippen LogP contribution in [0.3, 0.4) is 0 Å². The van der Waals surface area contributed by atoms with E-state index in [2.05, 4.69) is 0 Å². The van der Waals surface area contributed by atoms with Gasteiger partial charge < -0.3 is 14.7 Å². The molecule has 4 unspecified atom stereocenters. The van der Waals surface area contributed by atoms with Gasteiger partial charge in [-0.05, 0) is 57.3 Å². The number of nitrogens with zero attached hydrogens (tertiary/aromatic N) is 1. The molecule has 0 aromatic heterocycles. The van der Waals surface area contributed by atoms with Crippen LogP contribution in [0.4, 0.5) is 4.79 Å². The second-order valence-corrected chi connectivity index (χ2v) is 7.55. The number of ether oxygens (including phenoxy) is 1. The van der Waals surface area contributed by atoms with Crippen molar-refractivity contribution in [3.05, 3.63) is 0 Å². The highest BCUT2D eigenvalue weighted by atomic mass is 16.6. The molecule has 1 saturated heterocycles. The van der Waals surface area contributed by atoms with Crippen LogP contribution in [0.15, 0.2) is 0 Å². The van der Waals surface area contributed by atoms with Crippen molar-refractivity contribution in [2.45, 2.75) is 39.2 Å². The number of amides is 1. The number of carbonyl (C=O) groups is 2. The fourth-order valence-corrected chi connectivity index (χ4v) is 4.38. The Morgan fingerprint density at radius 2 is 1.55 bits per heavy atom. The highest BCUT2D eigenvalue weighted by Gasteiger charge is 2.60. The van der Waals surface area contributed by atoms with Crippen molar-refractivity contribution >= 4 is 12.1 Å². The molecule has 20 heavy (non-hydrogen) atoms. The van der Waals surface area contributed by atoms with E-state index in [1.807, 2.05) is 25.7 Å². The number of carboxylic acid groups (broad SMARTS) is 1. The Morgan fingerprint density at radius 3 is 1.95 bits per heavy atom. The normalized spacial score (nSPS) is 39.0. The van der Waals surface area contributed by atoms with E-state index in [4.69, 9.17) is 9.84 Å². The zero-order valence-electron chi connectivity index (χ0n) is 12.3. The summed E-state index contributed by atoms with van der Waals surface area (Å²) in [4.78, 5) is 25.0. The fraction of sp³-hybridized carbons (Fsp3) is 0.867. The summed E-state index contributed by atoms with van der Waals surface area (Å²) in [6.07, 6.45) is 1.37. The van der Waals surface area contributed by atoms with E-state index in [1.165, 1.54) is 0 Å². The molecule has 2 aliphatic carbocycles. The molecule has 1 heterocycles. The molecular weight excluding hydrogens is 258 g/mol. The van der Waals surface area contributed by atoms with Gasteiger partial charge in [-0.2, -0.15) is 0 Å². The van der Waals surface area contributed by atoms with Crippen LogP contribution >= 0.6 is 0 Å². The summed E-state index contributed by atoms with van der Waals surface area (Å²) in [6.45, 7) is 7.12. The second-order valence-electron chi connectivity index (χ2n) is 7.55. The second kappa shape index (κ2) is 4.37. The summed E-state index contributed by atoms with van der Waals surface area (Å²) in [5.74, 6) is 1.20. The van der Waals surface area contributed by atoms with Gasteiger partial charge in [0.15, 0.2) is 0 Å². The molecule has 3 fully saturated rings. The summed E-state index contributed by atoms with van der Waals surface area (Å²) in [6, 6.07) is 0. The molecule has 0 spiro atoms. The third-order valence-corrected chi connectivity index (χ3v) is 5.18. The average Bonchev–Trinajstić information content (AvgIpc) is 2.82. The molecule has 3 aliphatic rings. The summed E-state index contributed by atoms with van der Waals surface area (Å²) in [5, 5.41) is 9.12. The van der Waals surface area contributed by atoms with Crippen molar-refractivity contribution in [3.8, 4) is 0 Å². The first-order chi connectivity index (χ1) is 9.26. The lowest BCUT2D eigenvalue weighted by Crippen LogP contribution is -2.42. The minimum atomic E-state index is -0.651. The highest BCUT2D eigenvalue weighted by molar-refractivity contribution is 5.71. The Balaban J connectivity index is 1.59. The van der Waals surface area contributed by atoms with Crippen LogP contribution < -0.4 is 0 Å². The van der Waals surface area contributed by atoms with Crippen LogP contribution in [0.5, 0.6) is 0 Å². The molecule has 0 radical (unpaired) electrons. The molecule has 5 nitrogen and oxygen atoms in total. The molecular formula is C15H23NO4. The number of carboxylic acids is 1. The topological polar surface area (TPSA) is 66.8 Å². The summed E-state index contributed by atoms with van der Waals surface area (Å²) in [5.41, 5.74) is -0.455. The number of fused-ring (bicyclic) bond motifs is 4. The first-order valence-electron chi connectivity index (χ1n) is 7.47. The number of likely N-dealkylation sites (tertiary alicyclic amines) is 1. The molecule has 0 bridgehead atoms. The lowest BCUT2D eigenvalue weighted by atomic mass is 9.60. The molecule has 5 heteroatoms. The van der Waals surface area contributed by atoms with Crippen LogP contribution in [-0.2, 0) is 9.53 Å². The number of hydrogen-bond donors (Lipinski definition) is 1. The van der Waals surface area contributed by atoms with E-state index in [-0.39, 0.29) is 12.0 Å². The van der Waals surface area contributed by atoms with Gasteiger partial charge >= 0.3 is 12.1 Å². The van der Waals surface area contributed by atoms with Crippen molar-refractivity contribution < 1.29 is 19.4 Å². The Bertz CT molecular complexity index is 422. The molecule has 4 atom stereocenters. The zero-order valence-corrected chi connectivity index (χ0v) is 12.3. The van der Waals surface area contributed by atoms with Crippen molar-refractivity contribution in [1.29, 1.82) is 0 Å². The smallest absolute Gasteiger partial charge is 0.410 e. The van der Waals surface area contributed by atoms with Gasteiger partial charge in [0.2, 0.25) is 0 Å². The largest absolute Gasteiger partial charge is 0.481 e. The Kier molecular flexibility index (Phi) is 2.99. The predicted molar refractivity (Wildman–Crippen MR) is 72.1 cm³/mol. The van der Waals surface area contributed by atoms with E-state index in [0.29, 0.717) is 23.7 Å². The van der Waals surface area contributed by atoms with E-state index < -0.39 is 11.6 Å². The first-order valence-corrected chi connectivity index (χ1v) is 7.47. The maximum Gasteiger partial charge on any atom is 0.410 e. The molecule has 1 N–H and O–H groups in total. The van der Waals surface area contributed by atoms with Gasteiger partial charge in [0, 0.05) is 13.1 Å². The molecule has 112 valence electrons. The molecule has 1 aliphatic heterocycles. The van der Waals surface area contributed by atoms with Gasteiger partial charge in [-0.3, -0.25) is 4.79 Å². The van der Waals surface area contributed by atoms with Crippen molar-refractivity contribution in [2.75, 3.05) is 13.1 Å². The lowest BCUT2D eigenvalue weighted by Gasteiger charge is -2.43. The van der Waals surface area contributed by atoms with Crippen LogP contribution in [-0.4, -0.2) is 40.8 Å².